The molecule has 0 aliphatic rings. The second-order valence-corrected chi connectivity index (χ2v) is 7.10. The molecule has 0 bridgehead atoms. The van der Waals surface area contributed by atoms with E-state index in [0.717, 1.165) is 5.56 Å². The molecule has 1 atom stereocenters. The van der Waals surface area contributed by atoms with Crippen molar-refractivity contribution in [1.82, 2.24) is 4.90 Å². The van der Waals surface area contributed by atoms with Crippen molar-refractivity contribution in [2.45, 2.75) is 13.0 Å². The summed E-state index contributed by atoms with van der Waals surface area (Å²) in [6.45, 7) is 1.74. The molecule has 1 unspecified atom stereocenters. The van der Waals surface area contributed by atoms with Gasteiger partial charge in [0, 0.05) is 0 Å². The minimum atomic E-state index is -1.00. The molecule has 0 aliphatic carbocycles. The monoisotopic (exact) mass is 430 g/mol. The fraction of sp³-hybridized carbons (Fsp3) is 0.231. The zero-order chi connectivity index (χ0) is 18.1. The molecule has 0 aliphatic heterocycles. The van der Waals surface area contributed by atoms with E-state index in [0.29, 0.717) is 22.1 Å². The maximum Gasteiger partial charge on any atom is 0.423 e. The van der Waals surface area contributed by atoms with Gasteiger partial charge in [-0.25, -0.2) is 9.59 Å². The number of rotatable bonds is 7. The molecular weight excluding hydrogens is 419 g/mol. The average molecular weight is 432 g/mol. The highest BCUT2D eigenvalue weighted by atomic mass is 35.5. The molecule has 11 heteroatoms. The Morgan fingerprint density at radius 1 is 1.17 bits per heavy atom. The third-order valence-electron chi connectivity index (χ3n) is 2.75. The van der Waals surface area contributed by atoms with E-state index < -0.39 is 12.2 Å². The van der Waals surface area contributed by atoms with Gasteiger partial charge in [0.1, 0.15) is 4.49 Å². The number of carbonyl (C=O) groups excluding carboxylic acids is 2. The summed E-state index contributed by atoms with van der Waals surface area (Å²) in [6.07, 6.45) is -1.72. The smallest absolute Gasteiger partial charge is 0.360 e. The molecule has 1 aromatic carbocycles. The van der Waals surface area contributed by atoms with Gasteiger partial charge >= 0.3 is 12.2 Å². The molecule has 24 heavy (non-hydrogen) atoms. The zero-order valence-electron chi connectivity index (χ0n) is 12.3. The lowest BCUT2D eigenvalue weighted by Gasteiger charge is -2.28. The van der Waals surface area contributed by atoms with E-state index in [9.17, 15) is 9.59 Å². The molecule has 0 fully saturated rings. The summed E-state index contributed by atoms with van der Waals surface area (Å²) in [4.78, 5) is 24.1. The summed E-state index contributed by atoms with van der Waals surface area (Å²) in [7, 11) is 0. The summed E-state index contributed by atoms with van der Waals surface area (Å²) in [5.74, 6) is 0. The molecule has 0 spiro atoms. The maximum absolute atomic E-state index is 12.3. The molecule has 0 saturated carbocycles. The Morgan fingerprint density at radius 3 is 2.29 bits per heavy atom. The molecule has 1 aromatic rings. The van der Waals surface area contributed by atoms with E-state index in [1.807, 2.05) is 30.3 Å². The largest absolute Gasteiger partial charge is 0.423 e. The lowest BCUT2D eigenvalue weighted by molar-refractivity contribution is 0.149. The minimum Gasteiger partial charge on any atom is -0.360 e. The van der Waals surface area contributed by atoms with E-state index in [1.54, 1.807) is 6.92 Å². The van der Waals surface area contributed by atoms with E-state index in [4.69, 9.17) is 44.7 Å². The van der Waals surface area contributed by atoms with Crippen molar-refractivity contribution in [3.05, 3.63) is 45.4 Å². The van der Waals surface area contributed by atoms with Crippen LogP contribution in [0.1, 0.15) is 18.5 Å². The van der Waals surface area contributed by atoms with Crippen molar-refractivity contribution in [1.29, 1.82) is 0 Å². The molecule has 1 rings (SSSR count). The molecule has 0 aromatic heterocycles. The Labute approximate surface area is 162 Å². The molecule has 6 nitrogen and oxygen atoms in total. The number of benzene rings is 1. The number of halogens is 3. The van der Waals surface area contributed by atoms with Crippen LogP contribution in [0.3, 0.4) is 0 Å². The Balaban J connectivity index is 2.82. The minimum absolute atomic E-state index is 0.0549. The number of nitrogens with zero attached hydrogens (tertiary/aromatic N) is 1. The summed E-state index contributed by atoms with van der Waals surface area (Å²) in [5, 5.41) is 0.0871. The first kappa shape index (κ1) is 21.1. The van der Waals surface area contributed by atoms with Crippen LogP contribution in [0.2, 0.25) is 0 Å². The summed E-state index contributed by atoms with van der Waals surface area (Å²) in [5.41, 5.74) is 5.65. The average Bonchev–Trinajstić information content (AvgIpc) is 2.56. The Morgan fingerprint density at radius 2 is 1.75 bits per heavy atom. The fourth-order valence-corrected chi connectivity index (χ4v) is 2.69. The fourth-order valence-electron chi connectivity index (χ4n) is 1.62. The van der Waals surface area contributed by atoms with Crippen molar-refractivity contribution in [2.75, 3.05) is 6.54 Å². The molecule has 0 heterocycles. The molecular formula is C13H13Cl3N2O4S2. The van der Waals surface area contributed by atoms with Gasteiger partial charge in [0.15, 0.2) is 22.1 Å². The van der Waals surface area contributed by atoms with Crippen LogP contribution in [0.4, 0.5) is 9.59 Å². The van der Waals surface area contributed by atoms with Gasteiger partial charge < -0.3 is 14.1 Å². The molecule has 2 N–H and O–H groups in total. The third kappa shape index (κ3) is 7.31. The summed E-state index contributed by atoms with van der Waals surface area (Å²) in [6, 6.07) is 8.86. The first-order valence-corrected chi connectivity index (χ1v) is 9.48. The highest BCUT2D eigenvalue weighted by molar-refractivity contribution is 8.73. The van der Waals surface area contributed by atoms with Crippen LogP contribution in [0.5, 0.6) is 0 Å². The van der Waals surface area contributed by atoms with Crippen LogP contribution in [-0.2, 0) is 8.37 Å². The molecule has 2 amide bonds. The lowest BCUT2D eigenvalue weighted by atomic mass is 10.1. The number of nitrogens with two attached hydrogens (primary N) is 1. The Kier molecular flexibility index (Phi) is 9.53. The summed E-state index contributed by atoms with van der Waals surface area (Å²) >= 11 is 18.3. The number of amides is 2. The van der Waals surface area contributed by atoms with Gasteiger partial charge in [0.25, 0.3) is 0 Å². The van der Waals surface area contributed by atoms with Crippen LogP contribution in [0, 0.1) is 0 Å². The van der Waals surface area contributed by atoms with E-state index >= 15 is 0 Å². The highest BCUT2D eigenvalue weighted by Crippen LogP contribution is 2.29. The van der Waals surface area contributed by atoms with Crippen molar-refractivity contribution >= 4 is 69.1 Å². The standard InChI is InChI=1S/C13H13Cl3N2O4S2/c1-8(9-5-3-2-4-6-9)18(7-10(14)11(15)16)13(20)22-24-23-21-12(17)19/h2-6,8H,7H2,1H3,(H2,17,19). The van der Waals surface area contributed by atoms with E-state index in [1.165, 1.54) is 4.90 Å². The quantitative estimate of drug-likeness (QED) is 0.354. The van der Waals surface area contributed by atoms with Crippen molar-refractivity contribution in [3.8, 4) is 0 Å². The normalized spacial score (nSPS) is 11.3. The van der Waals surface area contributed by atoms with Crippen molar-refractivity contribution < 1.29 is 18.0 Å². The van der Waals surface area contributed by atoms with Crippen LogP contribution in [-0.4, -0.2) is 23.6 Å². The second kappa shape index (κ2) is 10.8. The number of hydrogen-bond donors (Lipinski definition) is 1. The van der Waals surface area contributed by atoms with Crippen LogP contribution in [0.25, 0.3) is 0 Å². The van der Waals surface area contributed by atoms with Crippen molar-refractivity contribution in [3.63, 3.8) is 0 Å². The zero-order valence-corrected chi connectivity index (χ0v) is 16.2. The molecule has 132 valence electrons. The van der Waals surface area contributed by atoms with Gasteiger partial charge in [-0.2, -0.15) is 0 Å². The summed E-state index contributed by atoms with van der Waals surface area (Å²) < 4.78 is 9.18. The Hall–Kier alpha value is -0.930. The van der Waals surface area contributed by atoms with Gasteiger partial charge in [-0.3, -0.25) is 4.90 Å². The highest BCUT2D eigenvalue weighted by Gasteiger charge is 2.25. The number of hydrogen-bond acceptors (Lipinski definition) is 6. The van der Waals surface area contributed by atoms with Gasteiger partial charge in [0.05, 0.1) is 17.6 Å². The SMILES string of the molecule is CC(c1ccccc1)N(CC(Cl)=C(Cl)Cl)C(=O)OSSOC(N)=O. The van der Waals surface area contributed by atoms with Crippen LogP contribution < -0.4 is 5.73 Å². The Bertz CT molecular complexity index is 600. The van der Waals surface area contributed by atoms with Gasteiger partial charge in [0.2, 0.25) is 0 Å². The lowest BCUT2D eigenvalue weighted by Crippen LogP contribution is -2.34. The third-order valence-corrected chi connectivity index (χ3v) is 4.78. The number of primary amides is 1. The van der Waals surface area contributed by atoms with Gasteiger partial charge in [-0.15, -0.1) is 0 Å². The van der Waals surface area contributed by atoms with E-state index in [-0.39, 0.29) is 22.1 Å². The van der Waals surface area contributed by atoms with E-state index in [2.05, 4.69) is 4.18 Å². The number of carbonyl (C=O) groups is 2. The predicted molar refractivity (Wildman–Crippen MR) is 98.5 cm³/mol. The van der Waals surface area contributed by atoms with Crippen LogP contribution in [0.15, 0.2) is 39.9 Å². The van der Waals surface area contributed by atoms with Crippen LogP contribution >= 0.6 is 57.0 Å². The van der Waals surface area contributed by atoms with Gasteiger partial charge in [-0.1, -0.05) is 65.1 Å². The topological polar surface area (TPSA) is 81.9 Å². The first-order valence-electron chi connectivity index (χ1n) is 6.35. The first-order chi connectivity index (χ1) is 11.3. The molecule has 0 radical (unpaired) electrons. The molecule has 0 saturated heterocycles. The van der Waals surface area contributed by atoms with Crippen molar-refractivity contribution in [2.24, 2.45) is 5.73 Å². The predicted octanol–water partition coefficient (Wildman–Crippen LogP) is 5.38. The maximum atomic E-state index is 12.3. The second-order valence-electron chi connectivity index (χ2n) is 4.27. The van der Waals surface area contributed by atoms with Gasteiger partial charge in [-0.05, 0) is 12.5 Å².